The van der Waals surface area contributed by atoms with Crippen LogP contribution in [-0.2, 0) is 16.0 Å². The van der Waals surface area contributed by atoms with Gasteiger partial charge in [0.25, 0.3) is 0 Å². The molecule has 0 aromatic heterocycles. The SMILES string of the molecule is Cc1c(Br)cccc1CC(=O)N1CCC(C)(C(=O)O)C1. The Morgan fingerprint density at radius 2 is 2.15 bits per heavy atom. The first-order valence-electron chi connectivity index (χ1n) is 6.59. The quantitative estimate of drug-likeness (QED) is 0.920. The first kappa shape index (κ1) is 15.0. The van der Waals surface area contributed by atoms with Crippen molar-refractivity contribution < 1.29 is 14.7 Å². The summed E-state index contributed by atoms with van der Waals surface area (Å²) in [5.74, 6) is -0.831. The molecule has 0 bridgehead atoms. The minimum Gasteiger partial charge on any atom is -0.481 e. The van der Waals surface area contributed by atoms with Crippen LogP contribution in [0.15, 0.2) is 22.7 Å². The molecule has 1 unspecified atom stereocenters. The van der Waals surface area contributed by atoms with Crippen molar-refractivity contribution in [3.8, 4) is 0 Å². The predicted molar refractivity (Wildman–Crippen MR) is 79.5 cm³/mol. The molecule has 1 aliphatic rings. The summed E-state index contributed by atoms with van der Waals surface area (Å²) in [6.45, 7) is 4.49. The number of halogens is 1. The number of hydrogen-bond acceptors (Lipinski definition) is 2. The molecule has 1 aromatic rings. The average molecular weight is 340 g/mol. The predicted octanol–water partition coefficient (Wildman–Crippen LogP) is 2.62. The summed E-state index contributed by atoms with van der Waals surface area (Å²) in [6, 6.07) is 5.79. The first-order valence-corrected chi connectivity index (χ1v) is 7.38. The summed E-state index contributed by atoms with van der Waals surface area (Å²) in [5, 5.41) is 9.20. The van der Waals surface area contributed by atoms with Gasteiger partial charge in [-0.25, -0.2) is 0 Å². The Morgan fingerprint density at radius 1 is 1.45 bits per heavy atom. The largest absolute Gasteiger partial charge is 0.481 e. The molecule has 1 aromatic carbocycles. The summed E-state index contributed by atoms with van der Waals surface area (Å²) in [5.41, 5.74) is 1.23. The summed E-state index contributed by atoms with van der Waals surface area (Å²) >= 11 is 3.45. The van der Waals surface area contributed by atoms with Gasteiger partial charge in [0.05, 0.1) is 11.8 Å². The third-order valence-electron chi connectivity index (χ3n) is 4.06. The molecule has 1 atom stereocenters. The van der Waals surface area contributed by atoms with Crippen LogP contribution in [-0.4, -0.2) is 35.0 Å². The molecule has 0 saturated carbocycles. The molecule has 108 valence electrons. The second-order valence-electron chi connectivity index (χ2n) is 5.63. The number of benzene rings is 1. The molecule has 5 heteroatoms. The number of rotatable bonds is 3. The molecule has 4 nitrogen and oxygen atoms in total. The molecule has 2 rings (SSSR count). The van der Waals surface area contributed by atoms with Gasteiger partial charge in [0, 0.05) is 17.6 Å². The van der Waals surface area contributed by atoms with Crippen LogP contribution in [0.25, 0.3) is 0 Å². The minimum atomic E-state index is -0.827. The molecule has 1 heterocycles. The zero-order chi connectivity index (χ0) is 14.9. The maximum atomic E-state index is 12.3. The molecule has 0 radical (unpaired) electrons. The number of carboxylic acid groups (broad SMARTS) is 1. The fourth-order valence-corrected chi connectivity index (χ4v) is 2.87. The molecule has 1 saturated heterocycles. The van der Waals surface area contributed by atoms with E-state index in [4.69, 9.17) is 0 Å². The van der Waals surface area contributed by atoms with E-state index in [0.29, 0.717) is 25.9 Å². The van der Waals surface area contributed by atoms with Crippen LogP contribution in [0.4, 0.5) is 0 Å². The van der Waals surface area contributed by atoms with Gasteiger partial charge in [0.2, 0.25) is 5.91 Å². The average Bonchev–Trinajstić information content (AvgIpc) is 2.79. The standard InChI is InChI=1S/C15H18BrNO3/c1-10-11(4-3-5-12(10)16)8-13(18)17-7-6-15(2,9-17)14(19)20/h3-5H,6-9H2,1-2H3,(H,19,20). The minimum absolute atomic E-state index is 0.00354. The lowest BCUT2D eigenvalue weighted by Crippen LogP contribution is -2.35. The van der Waals surface area contributed by atoms with Crippen molar-refractivity contribution >= 4 is 27.8 Å². The number of hydrogen-bond donors (Lipinski definition) is 1. The maximum absolute atomic E-state index is 12.3. The molecule has 20 heavy (non-hydrogen) atoms. The first-order chi connectivity index (χ1) is 9.33. The van der Waals surface area contributed by atoms with Gasteiger partial charge in [0.1, 0.15) is 0 Å². The van der Waals surface area contributed by atoms with Crippen molar-refractivity contribution in [3.05, 3.63) is 33.8 Å². The highest BCUT2D eigenvalue weighted by Gasteiger charge is 2.41. The molecular formula is C15H18BrNO3. The van der Waals surface area contributed by atoms with E-state index in [-0.39, 0.29) is 5.91 Å². The molecule has 1 N–H and O–H groups in total. The third kappa shape index (κ3) is 2.87. The molecule has 1 aliphatic heterocycles. The van der Waals surface area contributed by atoms with E-state index in [1.807, 2.05) is 25.1 Å². The Labute approximate surface area is 126 Å². The van der Waals surface area contributed by atoms with Crippen LogP contribution in [0.1, 0.15) is 24.5 Å². The summed E-state index contributed by atoms with van der Waals surface area (Å²) < 4.78 is 0.986. The second kappa shape index (κ2) is 5.56. The van der Waals surface area contributed by atoms with Crippen LogP contribution in [0.2, 0.25) is 0 Å². The monoisotopic (exact) mass is 339 g/mol. The van der Waals surface area contributed by atoms with Crippen LogP contribution in [0, 0.1) is 12.3 Å². The number of aliphatic carboxylic acids is 1. The van der Waals surface area contributed by atoms with Crippen molar-refractivity contribution in [2.24, 2.45) is 5.41 Å². The van der Waals surface area contributed by atoms with Crippen LogP contribution < -0.4 is 0 Å². The lowest BCUT2D eigenvalue weighted by Gasteiger charge is -2.20. The van der Waals surface area contributed by atoms with E-state index in [2.05, 4.69) is 15.9 Å². The van der Waals surface area contributed by atoms with Gasteiger partial charge < -0.3 is 10.0 Å². The molecular weight excluding hydrogens is 322 g/mol. The van der Waals surface area contributed by atoms with Crippen molar-refractivity contribution in [3.63, 3.8) is 0 Å². The van der Waals surface area contributed by atoms with Gasteiger partial charge in [-0.2, -0.15) is 0 Å². The van der Waals surface area contributed by atoms with Crippen LogP contribution in [0.3, 0.4) is 0 Å². The van der Waals surface area contributed by atoms with Gasteiger partial charge in [-0.3, -0.25) is 9.59 Å². The van der Waals surface area contributed by atoms with E-state index in [1.165, 1.54) is 0 Å². The number of carboxylic acids is 1. The fourth-order valence-electron chi connectivity index (χ4n) is 2.47. The van der Waals surface area contributed by atoms with Crippen molar-refractivity contribution in [1.29, 1.82) is 0 Å². The van der Waals surface area contributed by atoms with Gasteiger partial charge >= 0.3 is 5.97 Å². The summed E-state index contributed by atoms with van der Waals surface area (Å²) in [6.07, 6.45) is 0.840. The summed E-state index contributed by atoms with van der Waals surface area (Å²) in [4.78, 5) is 25.2. The van der Waals surface area contributed by atoms with E-state index in [9.17, 15) is 14.7 Å². The van der Waals surface area contributed by atoms with Gasteiger partial charge in [0.15, 0.2) is 0 Å². The Balaban J connectivity index is 2.07. The Kier molecular flexibility index (Phi) is 4.18. The number of carbonyl (C=O) groups excluding carboxylic acids is 1. The van der Waals surface area contributed by atoms with Crippen molar-refractivity contribution in [1.82, 2.24) is 4.90 Å². The number of carbonyl (C=O) groups is 2. The van der Waals surface area contributed by atoms with Crippen molar-refractivity contribution in [2.75, 3.05) is 13.1 Å². The number of likely N-dealkylation sites (tertiary alicyclic amines) is 1. The van der Waals surface area contributed by atoms with Crippen LogP contribution in [0.5, 0.6) is 0 Å². The molecule has 0 spiro atoms. The highest BCUT2D eigenvalue weighted by atomic mass is 79.9. The van der Waals surface area contributed by atoms with Gasteiger partial charge in [-0.15, -0.1) is 0 Å². The second-order valence-corrected chi connectivity index (χ2v) is 6.49. The molecule has 1 amide bonds. The van der Waals surface area contributed by atoms with E-state index in [0.717, 1.165) is 15.6 Å². The van der Waals surface area contributed by atoms with Crippen LogP contribution >= 0.6 is 15.9 Å². The number of amides is 1. The zero-order valence-electron chi connectivity index (χ0n) is 11.6. The zero-order valence-corrected chi connectivity index (χ0v) is 13.2. The fraction of sp³-hybridized carbons (Fsp3) is 0.467. The third-order valence-corrected chi connectivity index (χ3v) is 4.92. The Hall–Kier alpha value is -1.36. The molecule has 0 aliphatic carbocycles. The topological polar surface area (TPSA) is 57.6 Å². The van der Waals surface area contributed by atoms with E-state index >= 15 is 0 Å². The maximum Gasteiger partial charge on any atom is 0.311 e. The Morgan fingerprint density at radius 3 is 2.75 bits per heavy atom. The van der Waals surface area contributed by atoms with Gasteiger partial charge in [-0.1, -0.05) is 28.1 Å². The highest BCUT2D eigenvalue weighted by Crippen LogP contribution is 2.30. The summed E-state index contributed by atoms with van der Waals surface area (Å²) in [7, 11) is 0. The normalized spacial score (nSPS) is 22.1. The smallest absolute Gasteiger partial charge is 0.311 e. The molecule has 1 fully saturated rings. The lowest BCUT2D eigenvalue weighted by molar-refractivity contribution is -0.147. The number of nitrogens with zero attached hydrogens (tertiary/aromatic N) is 1. The van der Waals surface area contributed by atoms with Gasteiger partial charge in [-0.05, 0) is 37.5 Å². The Bertz CT molecular complexity index is 558. The van der Waals surface area contributed by atoms with Crippen molar-refractivity contribution in [2.45, 2.75) is 26.7 Å². The van der Waals surface area contributed by atoms with E-state index in [1.54, 1.807) is 11.8 Å². The highest BCUT2D eigenvalue weighted by molar-refractivity contribution is 9.10. The lowest BCUT2D eigenvalue weighted by atomic mass is 9.90. The van der Waals surface area contributed by atoms with E-state index < -0.39 is 11.4 Å².